The summed E-state index contributed by atoms with van der Waals surface area (Å²) >= 11 is 0. The smallest absolute Gasteiger partial charge is 0.134 e. The van der Waals surface area contributed by atoms with Gasteiger partial charge < -0.3 is 4.90 Å². The molecule has 0 radical (unpaired) electrons. The zero-order valence-corrected chi connectivity index (χ0v) is 10.9. The van der Waals surface area contributed by atoms with Gasteiger partial charge in [0.1, 0.15) is 17.7 Å². The normalized spacial score (nSPS) is 19.5. The molecule has 1 saturated carbocycles. The van der Waals surface area contributed by atoms with Crippen molar-refractivity contribution in [1.82, 2.24) is 25.0 Å². The van der Waals surface area contributed by atoms with Crippen LogP contribution in [0.4, 0.5) is 5.82 Å². The zero-order valence-electron chi connectivity index (χ0n) is 10.9. The molecule has 3 heterocycles. The number of hydrogen-bond donors (Lipinski definition) is 0. The van der Waals surface area contributed by atoms with Crippen molar-refractivity contribution in [2.24, 2.45) is 0 Å². The highest BCUT2D eigenvalue weighted by atomic mass is 15.5. The Morgan fingerprint density at radius 2 is 1.84 bits per heavy atom. The minimum absolute atomic E-state index is 0.370. The van der Waals surface area contributed by atoms with Crippen LogP contribution in [0.3, 0.4) is 0 Å². The molecule has 6 nitrogen and oxygen atoms in total. The summed E-state index contributed by atoms with van der Waals surface area (Å²) in [6.45, 7) is 3.90. The van der Waals surface area contributed by atoms with Crippen LogP contribution in [0.1, 0.15) is 36.3 Å². The van der Waals surface area contributed by atoms with E-state index in [4.69, 9.17) is 4.98 Å². The van der Waals surface area contributed by atoms with Crippen molar-refractivity contribution in [3.8, 4) is 0 Å². The van der Waals surface area contributed by atoms with Crippen LogP contribution in [0.5, 0.6) is 0 Å². The van der Waals surface area contributed by atoms with Gasteiger partial charge in [0.05, 0.1) is 12.4 Å². The molecule has 0 unspecified atom stereocenters. The predicted molar refractivity (Wildman–Crippen MR) is 70.0 cm³/mol. The molecule has 6 heteroatoms. The Hall–Kier alpha value is -1.98. The maximum absolute atomic E-state index is 4.70. The molecule has 1 aliphatic carbocycles. The van der Waals surface area contributed by atoms with Crippen molar-refractivity contribution in [2.45, 2.75) is 31.7 Å². The van der Waals surface area contributed by atoms with E-state index in [9.17, 15) is 0 Å². The molecular weight excluding hydrogens is 240 g/mol. The lowest BCUT2D eigenvalue weighted by molar-refractivity contribution is 0.330. The highest BCUT2D eigenvalue weighted by Gasteiger charge is 2.32. The molecule has 2 aliphatic rings. The number of anilines is 1. The Morgan fingerprint density at radius 1 is 1.11 bits per heavy atom. The average Bonchev–Trinajstić information content (AvgIpc) is 3.05. The quantitative estimate of drug-likeness (QED) is 0.828. The Bertz CT molecular complexity index is 583. The summed E-state index contributed by atoms with van der Waals surface area (Å²) in [7, 11) is 0. The van der Waals surface area contributed by atoms with Crippen molar-refractivity contribution in [1.29, 1.82) is 0 Å². The summed E-state index contributed by atoms with van der Waals surface area (Å²) in [5, 5.41) is 8.37. The summed E-state index contributed by atoms with van der Waals surface area (Å²) in [6.07, 6.45) is 5.93. The van der Waals surface area contributed by atoms with Crippen LogP contribution in [0.25, 0.3) is 0 Å². The highest BCUT2D eigenvalue weighted by molar-refractivity contribution is 5.43. The van der Waals surface area contributed by atoms with Gasteiger partial charge in [0.2, 0.25) is 0 Å². The monoisotopic (exact) mass is 256 g/mol. The molecule has 1 saturated heterocycles. The Balaban J connectivity index is 1.51. The first-order valence-electron chi connectivity index (χ1n) is 6.76. The maximum Gasteiger partial charge on any atom is 0.134 e. The molecule has 0 aromatic carbocycles. The van der Waals surface area contributed by atoms with Crippen molar-refractivity contribution in [3.63, 3.8) is 0 Å². The van der Waals surface area contributed by atoms with E-state index in [-0.39, 0.29) is 0 Å². The van der Waals surface area contributed by atoms with Crippen LogP contribution in [-0.4, -0.2) is 38.1 Å². The molecule has 0 bridgehead atoms. The minimum atomic E-state index is 0.370. The van der Waals surface area contributed by atoms with Gasteiger partial charge in [-0.05, 0) is 19.8 Å². The number of hydrogen-bond acceptors (Lipinski definition) is 5. The van der Waals surface area contributed by atoms with Crippen LogP contribution in [-0.2, 0) is 0 Å². The zero-order chi connectivity index (χ0) is 12.8. The molecule has 0 spiro atoms. The third-order valence-electron chi connectivity index (χ3n) is 3.75. The number of nitrogens with zero attached hydrogens (tertiary/aromatic N) is 6. The summed E-state index contributed by atoms with van der Waals surface area (Å²) in [4.78, 5) is 13.3. The minimum Gasteiger partial charge on any atom is -0.352 e. The lowest BCUT2D eigenvalue weighted by Crippen LogP contribution is -2.49. The molecule has 1 aliphatic heterocycles. The predicted octanol–water partition coefficient (Wildman–Crippen LogP) is 1.32. The van der Waals surface area contributed by atoms with E-state index in [0.29, 0.717) is 12.0 Å². The summed E-state index contributed by atoms with van der Waals surface area (Å²) < 4.78 is 0. The Kier molecular flexibility index (Phi) is 2.30. The fraction of sp³-hybridized carbons (Fsp3) is 0.538. The first kappa shape index (κ1) is 10.9. The number of aromatic nitrogens is 5. The standard InChI is InChI=1S/C13H16N6/c1-9-6-12(17-13(16-9)10-2-3-10)18-7-11(8-18)19-14-4-5-15-19/h4-6,10-11H,2-3,7-8H2,1H3. The van der Waals surface area contributed by atoms with Crippen LogP contribution in [0, 0.1) is 6.92 Å². The second-order valence-corrected chi connectivity index (χ2v) is 5.41. The van der Waals surface area contributed by atoms with Gasteiger partial charge in [0.25, 0.3) is 0 Å². The summed E-state index contributed by atoms with van der Waals surface area (Å²) in [5.41, 5.74) is 1.06. The third-order valence-corrected chi connectivity index (χ3v) is 3.75. The molecule has 0 amide bonds. The van der Waals surface area contributed by atoms with Gasteiger partial charge >= 0.3 is 0 Å². The first-order chi connectivity index (χ1) is 9.29. The lowest BCUT2D eigenvalue weighted by Gasteiger charge is -2.39. The second-order valence-electron chi connectivity index (χ2n) is 5.41. The van der Waals surface area contributed by atoms with Crippen molar-refractivity contribution in [2.75, 3.05) is 18.0 Å². The molecule has 0 atom stereocenters. The molecule has 19 heavy (non-hydrogen) atoms. The van der Waals surface area contributed by atoms with Gasteiger partial charge in [0, 0.05) is 30.8 Å². The lowest BCUT2D eigenvalue weighted by atomic mass is 10.1. The average molecular weight is 256 g/mol. The van der Waals surface area contributed by atoms with E-state index in [0.717, 1.165) is 30.4 Å². The highest BCUT2D eigenvalue weighted by Crippen LogP contribution is 2.39. The van der Waals surface area contributed by atoms with Gasteiger partial charge in [-0.15, -0.1) is 0 Å². The Morgan fingerprint density at radius 3 is 2.53 bits per heavy atom. The van der Waals surface area contributed by atoms with Crippen LogP contribution in [0.2, 0.25) is 0 Å². The van der Waals surface area contributed by atoms with Crippen LogP contribution < -0.4 is 4.90 Å². The summed E-state index contributed by atoms with van der Waals surface area (Å²) in [5.74, 6) is 2.68. The van der Waals surface area contributed by atoms with Gasteiger partial charge in [-0.1, -0.05) is 0 Å². The number of aryl methyl sites for hydroxylation is 1. The summed E-state index contributed by atoms with van der Waals surface area (Å²) in [6, 6.07) is 2.44. The molecule has 0 N–H and O–H groups in total. The van der Waals surface area contributed by atoms with Gasteiger partial charge in [-0.2, -0.15) is 15.0 Å². The largest absolute Gasteiger partial charge is 0.352 e. The van der Waals surface area contributed by atoms with Crippen LogP contribution >= 0.6 is 0 Å². The molecule has 2 fully saturated rings. The van der Waals surface area contributed by atoms with E-state index in [2.05, 4.69) is 26.1 Å². The van der Waals surface area contributed by atoms with E-state index >= 15 is 0 Å². The third kappa shape index (κ3) is 1.97. The molecule has 2 aromatic rings. The Labute approximate surface area is 111 Å². The van der Waals surface area contributed by atoms with E-state index in [1.54, 1.807) is 17.2 Å². The fourth-order valence-corrected chi connectivity index (χ4v) is 2.46. The van der Waals surface area contributed by atoms with E-state index in [1.807, 2.05) is 6.92 Å². The topological polar surface area (TPSA) is 59.7 Å². The maximum atomic E-state index is 4.70. The number of rotatable bonds is 3. The van der Waals surface area contributed by atoms with E-state index < -0.39 is 0 Å². The molecule has 4 rings (SSSR count). The van der Waals surface area contributed by atoms with E-state index in [1.165, 1.54) is 12.8 Å². The molecular formula is C13H16N6. The SMILES string of the molecule is Cc1cc(N2CC(n3nccn3)C2)nc(C2CC2)n1. The van der Waals surface area contributed by atoms with Crippen LogP contribution in [0.15, 0.2) is 18.5 Å². The first-order valence-corrected chi connectivity index (χ1v) is 6.76. The second kappa shape index (κ2) is 4.01. The molecule has 2 aromatic heterocycles. The van der Waals surface area contributed by atoms with Gasteiger partial charge in [-0.25, -0.2) is 9.97 Å². The van der Waals surface area contributed by atoms with Crippen molar-refractivity contribution < 1.29 is 0 Å². The van der Waals surface area contributed by atoms with Gasteiger partial charge in [-0.3, -0.25) is 0 Å². The van der Waals surface area contributed by atoms with Gasteiger partial charge in [0.15, 0.2) is 0 Å². The van der Waals surface area contributed by atoms with Crippen molar-refractivity contribution in [3.05, 3.63) is 30.0 Å². The molecule has 98 valence electrons. The fourth-order valence-electron chi connectivity index (χ4n) is 2.46. The van der Waals surface area contributed by atoms with Crippen molar-refractivity contribution >= 4 is 5.82 Å².